The Hall–Kier alpha value is -1.03. The second kappa shape index (κ2) is 9.19. The van der Waals surface area contributed by atoms with Gasteiger partial charge < -0.3 is 4.74 Å². The van der Waals surface area contributed by atoms with Crippen molar-refractivity contribution in [2.75, 3.05) is 18.1 Å². The molecule has 126 valence electrons. The first-order valence-electron chi connectivity index (χ1n) is 8.31. The Kier molecular flexibility index (Phi) is 7.94. The molecule has 4 heteroatoms. The summed E-state index contributed by atoms with van der Waals surface area (Å²) in [6.45, 7) is 8.98. The molecule has 0 bridgehead atoms. The third kappa shape index (κ3) is 6.82. The van der Waals surface area contributed by atoms with Crippen LogP contribution < -0.4 is 4.74 Å². The summed E-state index contributed by atoms with van der Waals surface area (Å²) in [5, 5.41) is 0. The second-order valence-electron chi connectivity index (χ2n) is 6.27. The molecule has 3 nitrogen and oxygen atoms in total. The molecular weight excluding hydrogens is 296 g/mol. The van der Waals surface area contributed by atoms with E-state index in [1.165, 1.54) is 0 Å². The average molecular weight is 327 g/mol. The summed E-state index contributed by atoms with van der Waals surface area (Å²) in [4.78, 5) is 0. The van der Waals surface area contributed by atoms with Gasteiger partial charge in [0.2, 0.25) is 0 Å². The molecule has 2 atom stereocenters. The Balaban J connectivity index is 2.67. The van der Waals surface area contributed by atoms with Crippen molar-refractivity contribution in [3.05, 3.63) is 29.8 Å². The minimum atomic E-state index is -2.97. The van der Waals surface area contributed by atoms with Gasteiger partial charge in [0.05, 0.1) is 18.1 Å². The molecule has 1 aromatic carbocycles. The highest BCUT2D eigenvalue weighted by molar-refractivity contribution is 7.91. The molecule has 0 aliphatic rings. The van der Waals surface area contributed by atoms with Crippen LogP contribution in [0, 0.1) is 5.92 Å². The van der Waals surface area contributed by atoms with E-state index in [4.69, 9.17) is 4.74 Å². The number of rotatable bonds is 10. The number of sulfone groups is 1. The average Bonchev–Trinajstić information content (AvgIpc) is 2.50. The lowest BCUT2D eigenvalue weighted by Crippen LogP contribution is -2.16. The number of hydrogen-bond donors (Lipinski definition) is 0. The van der Waals surface area contributed by atoms with Gasteiger partial charge >= 0.3 is 0 Å². The molecular formula is C18H30O3S. The van der Waals surface area contributed by atoms with E-state index in [-0.39, 0.29) is 17.4 Å². The van der Waals surface area contributed by atoms with Gasteiger partial charge in [0.1, 0.15) is 5.75 Å². The van der Waals surface area contributed by atoms with Gasteiger partial charge in [-0.3, -0.25) is 0 Å². The molecule has 0 spiro atoms. The molecule has 0 aromatic heterocycles. The summed E-state index contributed by atoms with van der Waals surface area (Å²) >= 11 is 0. The number of hydrogen-bond acceptors (Lipinski definition) is 3. The van der Waals surface area contributed by atoms with Crippen molar-refractivity contribution in [3.63, 3.8) is 0 Å². The van der Waals surface area contributed by atoms with Gasteiger partial charge in [-0.25, -0.2) is 8.42 Å². The molecule has 0 saturated heterocycles. The normalized spacial score (nSPS) is 14.5. The van der Waals surface area contributed by atoms with Crippen LogP contribution in [0.25, 0.3) is 0 Å². The van der Waals surface area contributed by atoms with Gasteiger partial charge in [-0.1, -0.05) is 52.7 Å². The minimum absolute atomic E-state index is 0.00555. The van der Waals surface area contributed by atoms with Crippen LogP contribution >= 0.6 is 0 Å². The molecule has 1 rings (SSSR count). The van der Waals surface area contributed by atoms with Gasteiger partial charge in [0.25, 0.3) is 0 Å². The molecule has 0 unspecified atom stereocenters. The largest absolute Gasteiger partial charge is 0.493 e. The van der Waals surface area contributed by atoms with Crippen molar-refractivity contribution in [3.8, 4) is 5.75 Å². The van der Waals surface area contributed by atoms with Crippen molar-refractivity contribution in [1.82, 2.24) is 0 Å². The monoisotopic (exact) mass is 326 g/mol. The first-order valence-corrected chi connectivity index (χ1v) is 10.1. The topological polar surface area (TPSA) is 43.4 Å². The summed E-state index contributed by atoms with van der Waals surface area (Å²) in [5.74, 6) is 1.85. The van der Waals surface area contributed by atoms with E-state index in [9.17, 15) is 8.42 Å². The maximum atomic E-state index is 12.1. The van der Waals surface area contributed by atoms with Crippen molar-refractivity contribution < 1.29 is 13.2 Å². The zero-order valence-electron chi connectivity index (χ0n) is 14.3. The first-order chi connectivity index (χ1) is 10.4. The maximum absolute atomic E-state index is 12.1. The van der Waals surface area contributed by atoms with Crippen LogP contribution in [0.2, 0.25) is 0 Å². The summed E-state index contributed by atoms with van der Waals surface area (Å²) < 4.78 is 30.0. The van der Waals surface area contributed by atoms with Crippen LogP contribution in [0.15, 0.2) is 24.3 Å². The highest BCUT2D eigenvalue weighted by Crippen LogP contribution is 2.23. The standard InChI is InChI=1S/C18H30O3S/c1-5-7-11-22(19,20)14-16(4)17-9-8-10-18(12-17)21-13-15(3)6-2/h8-10,12,15-16H,5-7,11,13-14H2,1-4H3/t15-,16-/m0/s1. The molecule has 0 heterocycles. The molecule has 1 aromatic rings. The third-order valence-electron chi connectivity index (χ3n) is 3.97. The van der Waals surface area contributed by atoms with Crippen molar-refractivity contribution in [2.24, 2.45) is 5.92 Å². The second-order valence-corrected chi connectivity index (χ2v) is 8.49. The smallest absolute Gasteiger partial charge is 0.150 e. The summed E-state index contributed by atoms with van der Waals surface area (Å²) in [7, 11) is -2.97. The first kappa shape index (κ1) is 19.0. The minimum Gasteiger partial charge on any atom is -0.493 e. The summed E-state index contributed by atoms with van der Waals surface area (Å²) in [6, 6.07) is 7.83. The lowest BCUT2D eigenvalue weighted by atomic mass is 10.0. The Morgan fingerprint density at radius 3 is 2.55 bits per heavy atom. The van der Waals surface area contributed by atoms with Crippen LogP contribution in [0.4, 0.5) is 0 Å². The predicted molar refractivity (Wildman–Crippen MR) is 93.4 cm³/mol. The van der Waals surface area contributed by atoms with Crippen molar-refractivity contribution in [2.45, 2.75) is 52.9 Å². The Labute approximate surface area is 136 Å². The van der Waals surface area contributed by atoms with E-state index in [2.05, 4.69) is 13.8 Å². The van der Waals surface area contributed by atoms with Crippen LogP contribution in [0.5, 0.6) is 5.75 Å². The molecule has 0 saturated carbocycles. The van der Waals surface area contributed by atoms with Crippen LogP contribution in [-0.4, -0.2) is 26.5 Å². The van der Waals surface area contributed by atoms with E-state index in [1.807, 2.05) is 38.1 Å². The Bertz CT molecular complexity index is 537. The summed E-state index contributed by atoms with van der Waals surface area (Å²) in [5.41, 5.74) is 1.03. The predicted octanol–water partition coefficient (Wildman–Crippen LogP) is 4.43. The van der Waals surface area contributed by atoms with E-state index in [0.29, 0.717) is 12.5 Å². The highest BCUT2D eigenvalue weighted by atomic mass is 32.2. The summed E-state index contributed by atoms with van der Waals surface area (Å²) in [6.07, 6.45) is 2.74. The van der Waals surface area contributed by atoms with Gasteiger partial charge in [-0.05, 0) is 36.0 Å². The fourth-order valence-corrected chi connectivity index (χ4v) is 4.04. The quantitative estimate of drug-likeness (QED) is 0.639. The molecule has 0 aliphatic heterocycles. The molecule has 22 heavy (non-hydrogen) atoms. The molecule has 0 amide bonds. The molecule has 0 fully saturated rings. The SMILES string of the molecule is CCCCS(=O)(=O)C[C@H](C)c1cccc(OC[C@@H](C)CC)c1. The van der Waals surface area contributed by atoms with Crippen LogP contribution in [-0.2, 0) is 9.84 Å². The maximum Gasteiger partial charge on any atom is 0.150 e. The van der Waals surface area contributed by atoms with Gasteiger partial charge in [-0.15, -0.1) is 0 Å². The highest BCUT2D eigenvalue weighted by Gasteiger charge is 2.17. The number of ether oxygens (including phenoxy) is 1. The number of benzene rings is 1. The molecule has 0 N–H and O–H groups in total. The van der Waals surface area contributed by atoms with Crippen LogP contribution in [0.1, 0.15) is 58.4 Å². The van der Waals surface area contributed by atoms with Crippen molar-refractivity contribution in [1.29, 1.82) is 0 Å². The van der Waals surface area contributed by atoms with Gasteiger partial charge in [-0.2, -0.15) is 0 Å². The van der Waals surface area contributed by atoms with Gasteiger partial charge in [0, 0.05) is 0 Å². The Morgan fingerprint density at radius 2 is 1.91 bits per heavy atom. The molecule has 0 aliphatic carbocycles. The van der Waals surface area contributed by atoms with E-state index < -0.39 is 9.84 Å². The van der Waals surface area contributed by atoms with Gasteiger partial charge in [0.15, 0.2) is 9.84 Å². The lowest BCUT2D eigenvalue weighted by Gasteiger charge is -2.15. The van der Waals surface area contributed by atoms with Crippen LogP contribution in [0.3, 0.4) is 0 Å². The van der Waals surface area contributed by atoms with E-state index in [0.717, 1.165) is 30.6 Å². The van der Waals surface area contributed by atoms with E-state index >= 15 is 0 Å². The van der Waals surface area contributed by atoms with Crippen molar-refractivity contribution >= 4 is 9.84 Å². The zero-order chi connectivity index (χ0) is 16.6. The lowest BCUT2D eigenvalue weighted by molar-refractivity contribution is 0.256. The fraction of sp³-hybridized carbons (Fsp3) is 0.667. The third-order valence-corrected chi connectivity index (χ3v) is 5.89. The number of unbranched alkanes of at least 4 members (excludes halogenated alkanes) is 1. The fourth-order valence-electron chi connectivity index (χ4n) is 2.19. The van der Waals surface area contributed by atoms with E-state index in [1.54, 1.807) is 0 Å². The Morgan fingerprint density at radius 1 is 1.18 bits per heavy atom. The molecule has 0 radical (unpaired) electrons. The zero-order valence-corrected chi connectivity index (χ0v) is 15.2.